The number of carbonyl (C=O) groups excluding carboxylic acids is 3. The van der Waals surface area contributed by atoms with Crippen LogP contribution in [0.5, 0.6) is 0 Å². The normalized spacial score (nSPS) is 16.4. The number of methoxy groups -OCH3 is 1. The van der Waals surface area contributed by atoms with E-state index < -0.39 is 6.04 Å². The quantitative estimate of drug-likeness (QED) is 0.477. The van der Waals surface area contributed by atoms with Gasteiger partial charge in [-0.15, -0.1) is 0 Å². The molecule has 1 aliphatic rings. The third-order valence-electron chi connectivity index (χ3n) is 5.37. The van der Waals surface area contributed by atoms with Crippen LogP contribution in [0.25, 0.3) is 11.1 Å². The van der Waals surface area contributed by atoms with Gasteiger partial charge in [-0.3, -0.25) is 19.3 Å². The summed E-state index contributed by atoms with van der Waals surface area (Å²) in [5.74, 6) is -0.626. The van der Waals surface area contributed by atoms with Crippen LogP contribution < -0.4 is 10.6 Å². The van der Waals surface area contributed by atoms with Crippen LogP contribution in [0.1, 0.15) is 24.8 Å². The van der Waals surface area contributed by atoms with E-state index in [1.807, 2.05) is 23.1 Å². The Morgan fingerprint density at radius 2 is 1.81 bits per heavy atom. The van der Waals surface area contributed by atoms with Crippen molar-refractivity contribution in [3.05, 3.63) is 60.2 Å². The minimum Gasteiger partial charge on any atom is -0.469 e. The van der Waals surface area contributed by atoms with Crippen molar-refractivity contribution in [2.45, 2.75) is 31.8 Å². The van der Waals surface area contributed by atoms with Gasteiger partial charge in [0.25, 0.3) is 0 Å². The van der Waals surface area contributed by atoms with E-state index in [1.54, 1.807) is 0 Å². The average molecular weight is 424 g/mol. The molecule has 7 nitrogen and oxygen atoms in total. The number of esters is 1. The smallest absolute Gasteiger partial charge is 0.305 e. The zero-order valence-electron chi connectivity index (χ0n) is 17.8. The van der Waals surface area contributed by atoms with Gasteiger partial charge in [0, 0.05) is 32.6 Å². The van der Waals surface area contributed by atoms with Crippen molar-refractivity contribution in [1.82, 2.24) is 15.5 Å². The number of amides is 2. The molecule has 2 N–H and O–H groups in total. The standard InChI is InChI=1S/C24H29N3O4/c1-31-23(29)8-5-13-25-22(28)16-21-24(30)26-14-15-27(21)17-18-9-11-20(12-10-18)19-6-3-2-4-7-19/h2-4,6-7,9-12,21H,5,8,13-17H2,1H3,(H,25,28)(H,26,30)/t21-/m1/s1. The first-order chi connectivity index (χ1) is 15.1. The van der Waals surface area contributed by atoms with E-state index in [2.05, 4.69) is 51.8 Å². The molecule has 0 aromatic heterocycles. The number of piperazine rings is 1. The number of nitrogens with one attached hydrogen (secondary N) is 2. The van der Waals surface area contributed by atoms with Crippen molar-refractivity contribution < 1.29 is 19.1 Å². The molecule has 2 aromatic rings. The monoisotopic (exact) mass is 423 g/mol. The van der Waals surface area contributed by atoms with E-state index in [4.69, 9.17) is 0 Å². The molecule has 1 fully saturated rings. The Balaban J connectivity index is 1.56. The summed E-state index contributed by atoms with van der Waals surface area (Å²) in [6.45, 7) is 2.23. The van der Waals surface area contributed by atoms with Gasteiger partial charge in [-0.05, 0) is 23.1 Å². The molecular formula is C24H29N3O4. The summed E-state index contributed by atoms with van der Waals surface area (Å²) in [6.07, 6.45) is 0.852. The lowest BCUT2D eigenvalue weighted by molar-refractivity contribution is -0.140. The second kappa shape index (κ2) is 11.3. The molecular weight excluding hydrogens is 394 g/mol. The van der Waals surface area contributed by atoms with Gasteiger partial charge >= 0.3 is 5.97 Å². The fourth-order valence-electron chi connectivity index (χ4n) is 3.65. The number of hydrogen-bond donors (Lipinski definition) is 2. The molecule has 1 heterocycles. The van der Waals surface area contributed by atoms with Gasteiger partial charge in [0.15, 0.2) is 0 Å². The van der Waals surface area contributed by atoms with Crippen molar-refractivity contribution in [2.24, 2.45) is 0 Å². The van der Waals surface area contributed by atoms with E-state index in [9.17, 15) is 14.4 Å². The highest BCUT2D eigenvalue weighted by Gasteiger charge is 2.31. The zero-order chi connectivity index (χ0) is 22.1. The maximum Gasteiger partial charge on any atom is 0.305 e. The van der Waals surface area contributed by atoms with E-state index in [1.165, 1.54) is 7.11 Å². The Morgan fingerprint density at radius 1 is 1.10 bits per heavy atom. The molecule has 0 saturated carbocycles. The summed E-state index contributed by atoms with van der Waals surface area (Å²) >= 11 is 0. The topological polar surface area (TPSA) is 87.7 Å². The fourth-order valence-corrected chi connectivity index (χ4v) is 3.65. The van der Waals surface area contributed by atoms with Gasteiger partial charge < -0.3 is 15.4 Å². The molecule has 164 valence electrons. The molecule has 3 rings (SSSR count). The highest BCUT2D eigenvalue weighted by atomic mass is 16.5. The molecule has 1 saturated heterocycles. The Labute approximate surface area is 182 Å². The minimum absolute atomic E-state index is 0.0894. The van der Waals surface area contributed by atoms with E-state index in [-0.39, 0.29) is 30.6 Å². The highest BCUT2D eigenvalue weighted by Crippen LogP contribution is 2.21. The van der Waals surface area contributed by atoms with Crippen molar-refractivity contribution in [3.63, 3.8) is 0 Å². The molecule has 0 spiro atoms. The molecule has 0 bridgehead atoms. The number of carbonyl (C=O) groups is 3. The number of hydrogen-bond acceptors (Lipinski definition) is 5. The summed E-state index contributed by atoms with van der Waals surface area (Å²) in [7, 11) is 1.34. The third kappa shape index (κ3) is 6.65. The Kier molecular flexibility index (Phi) is 8.18. The van der Waals surface area contributed by atoms with E-state index in [0.717, 1.165) is 16.7 Å². The SMILES string of the molecule is COC(=O)CCCNC(=O)C[C@@H]1C(=O)NCCN1Cc1ccc(-c2ccccc2)cc1. The molecule has 0 aliphatic carbocycles. The number of benzene rings is 2. The first-order valence-electron chi connectivity index (χ1n) is 10.6. The van der Waals surface area contributed by atoms with Crippen molar-refractivity contribution >= 4 is 17.8 Å². The molecule has 7 heteroatoms. The molecule has 1 aliphatic heterocycles. The molecule has 2 amide bonds. The number of ether oxygens (including phenoxy) is 1. The first-order valence-corrected chi connectivity index (χ1v) is 10.6. The lowest BCUT2D eigenvalue weighted by Crippen LogP contribution is -2.56. The zero-order valence-corrected chi connectivity index (χ0v) is 17.8. The Hall–Kier alpha value is -3.19. The maximum atomic E-state index is 12.4. The summed E-state index contributed by atoms with van der Waals surface area (Å²) in [5.41, 5.74) is 3.40. The second-order valence-electron chi connectivity index (χ2n) is 7.57. The van der Waals surface area contributed by atoms with E-state index >= 15 is 0 Å². The number of rotatable bonds is 9. The predicted molar refractivity (Wildman–Crippen MR) is 118 cm³/mol. The second-order valence-corrected chi connectivity index (χ2v) is 7.57. The summed E-state index contributed by atoms with van der Waals surface area (Å²) in [5, 5.41) is 5.64. The molecule has 31 heavy (non-hydrogen) atoms. The predicted octanol–water partition coefficient (Wildman–Crippen LogP) is 2.11. The van der Waals surface area contributed by atoms with Crippen LogP contribution in [-0.2, 0) is 25.7 Å². The van der Waals surface area contributed by atoms with Gasteiger partial charge in [-0.25, -0.2) is 0 Å². The van der Waals surface area contributed by atoms with Crippen molar-refractivity contribution in [3.8, 4) is 11.1 Å². The van der Waals surface area contributed by atoms with Crippen LogP contribution in [-0.4, -0.2) is 55.5 Å². The lowest BCUT2D eigenvalue weighted by atomic mass is 10.0. The summed E-state index contributed by atoms with van der Waals surface area (Å²) in [4.78, 5) is 38.0. The molecule has 2 aromatic carbocycles. The largest absolute Gasteiger partial charge is 0.469 e. The Morgan fingerprint density at radius 3 is 2.52 bits per heavy atom. The summed E-state index contributed by atoms with van der Waals surface area (Å²) in [6, 6.07) is 18.0. The maximum absolute atomic E-state index is 12.4. The van der Waals surface area contributed by atoms with Crippen molar-refractivity contribution in [2.75, 3.05) is 26.7 Å². The van der Waals surface area contributed by atoms with Crippen molar-refractivity contribution in [1.29, 1.82) is 0 Å². The molecule has 1 atom stereocenters. The van der Waals surface area contributed by atoms with Crippen LogP contribution in [0.15, 0.2) is 54.6 Å². The Bertz CT molecular complexity index is 883. The van der Waals surface area contributed by atoms with Crippen LogP contribution in [0.2, 0.25) is 0 Å². The molecule has 0 radical (unpaired) electrons. The van der Waals surface area contributed by atoms with Crippen LogP contribution >= 0.6 is 0 Å². The van der Waals surface area contributed by atoms with Crippen LogP contribution in [0, 0.1) is 0 Å². The fraction of sp³-hybridized carbons (Fsp3) is 0.375. The lowest BCUT2D eigenvalue weighted by Gasteiger charge is -2.34. The highest BCUT2D eigenvalue weighted by molar-refractivity contribution is 5.88. The average Bonchev–Trinajstić information content (AvgIpc) is 2.80. The van der Waals surface area contributed by atoms with Crippen LogP contribution in [0.3, 0.4) is 0 Å². The third-order valence-corrected chi connectivity index (χ3v) is 5.37. The molecule has 0 unspecified atom stereocenters. The van der Waals surface area contributed by atoms with Crippen LogP contribution in [0.4, 0.5) is 0 Å². The van der Waals surface area contributed by atoms with Gasteiger partial charge in [-0.1, -0.05) is 54.6 Å². The van der Waals surface area contributed by atoms with Gasteiger partial charge in [0.2, 0.25) is 11.8 Å². The minimum atomic E-state index is -0.511. The van der Waals surface area contributed by atoms with Gasteiger partial charge in [0.05, 0.1) is 19.6 Å². The number of nitrogens with zero attached hydrogens (tertiary/aromatic N) is 1. The van der Waals surface area contributed by atoms with E-state index in [0.29, 0.717) is 32.6 Å². The van der Waals surface area contributed by atoms with Gasteiger partial charge in [0.1, 0.15) is 0 Å². The summed E-state index contributed by atoms with van der Waals surface area (Å²) < 4.78 is 4.58. The van der Waals surface area contributed by atoms with Gasteiger partial charge in [-0.2, -0.15) is 0 Å². The first kappa shape index (κ1) is 22.5.